The Hall–Kier alpha value is -4.94. The summed E-state index contributed by atoms with van der Waals surface area (Å²) in [5.74, 6) is -0.247. The number of amides is 1. The van der Waals surface area contributed by atoms with Crippen molar-refractivity contribution in [2.24, 2.45) is 5.92 Å². The van der Waals surface area contributed by atoms with Crippen molar-refractivity contribution in [1.82, 2.24) is 5.32 Å². The van der Waals surface area contributed by atoms with Crippen molar-refractivity contribution in [3.05, 3.63) is 119 Å². The SMILES string of the molecule is N#Cc1cccc(N/C(=C\C(=N)C(F)(F)F)C(=O)Nc2cccc(C(NCC3CC3)c3cccc4ccccc34)c2)c1. The van der Waals surface area contributed by atoms with Gasteiger partial charge in [-0.3, -0.25) is 10.2 Å². The third-order valence-corrected chi connectivity index (χ3v) is 7.03. The summed E-state index contributed by atoms with van der Waals surface area (Å²) in [5.41, 5.74) is 0.661. The van der Waals surface area contributed by atoms with Crippen LogP contribution in [0.4, 0.5) is 24.5 Å². The molecule has 1 saturated carbocycles. The number of carbonyl (C=O) groups excluding carboxylic acids is 1. The molecule has 0 saturated heterocycles. The van der Waals surface area contributed by atoms with Crippen LogP contribution >= 0.6 is 0 Å². The Morgan fingerprint density at radius 3 is 2.38 bits per heavy atom. The van der Waals surface area contributed by atoms with Crippen molar-refractivity contribution >= 4 is 33.8 Å². The van der Waals surface area contributed by atoms with E-state index in [9.17, 15) is 23.2 Å². The van der Waals surface area contributed by atoms with Crippen molar-refractivity contribution < 1.29 is 18.0 Å². The fourth-order valence-electron chi connectivity index (χ4n) is 4.72. The molecule has 4 aromatic carbocycles. The van der Waals surface area contributed by atoms with Gasteiger partial charge in [0, 0.05) is 11.4 Å². The molecule has 0 aliphatic heterocycles. The molecule has 0 heterocycles. The van der Waals surface area contributed by atoms with Crippen LogP contribution in [0.3, 0.4) is 0 Å². The van der Waals surface area contributed by atoms with Crippen LogP contribution in [0.15, 0.2) is 103 Å². The molecule has 0 bridgehead atoms. The lowest BCUT2D eigenvalue weighted by molar-refractivity contribution is -0.112. The third kappa shape index (κ3) is 7.03. The largest absolute Gasteiger partial charge is 0.432 e. The second-order valence-corrected chi connectivity index (χ2v) is 10.2. The van der Waals surface area contributed by atoms with Crippen LogP contribution in [0.5, 0.6) is 0 Å². The van der Waals surface area contributed by atoms with E-state index in [0.717, 1.165) is 28.4 Å². The van der Waals surface area contributed by atoms with Crippen LogP contribution in [0, 0.1) is 22.7 Å². The van der Waals surface area contributed by atoms with E-state index in [0.29, 0.717) is 17.7 Å². The number of hydrogen-bond acceptors (Lipinski definition) is 5. The summed E-state index contributed by atoms with van der Waals surface area (Å²) in [4.78, 5) is 13.3. The topological polar surface area (TPSA) is 101 Å². The fourth-order valence-corrected chi connectivity index (χ4v) is 4.72. The highest BCUT2D eigenvalue weighted by atomic mass is 19.4. The number of alkyl halides is 3. The van der Waals surface area contributed by atoms with Crippen LogP contribution < -0.4 is 16.0 Å². The Kier molecular flexibility index (Phi) is 8.36. The van der Waals surface area contributed by atoms with E-state index in [4.69, 9.17) is 5.41 Å². The molecule has 0 radical (unpaired) electrons. The molecular weight excluding hydrogens is 539 g/mol. The molecule has 6 nitrogen and oxygen atoms in total. The molecule has 0 spiro atoms. The maximum absolute atomic E-state index is 13.3. The van der Waals surface area contributed by atoms with Gasteiger partial charge in [0.1, 0.15) is 11.4 Å². The highest BCUT2D eigenvalue weighted by Crippen LogP contribution is 2.33. The minimum Gasteiger partial charge on any atom is -0.351 e. The van der Waals surface area contributed by atoms with Crippen LogP contribution in [-0.2, 0) is 4.79 Å². The van der Waals surface area contributed by atoms with E-state index in [1.807, 2.05) is 30.3 Å². The van der Waals surface area contributed by atoms with Gasteiger partial charge in [-0.2, -0.15) is 18.4 Å². The number of fused-ring (bicyclic) bond motifs is 1. The average molecular weight is 568 g/mol. The monoisotopic (exact) mass is 567 g/mol. The van der Waals surface area contributed by atoms with Gasteiger partial charge in [-0.25, -0.2) is 0 Å². The lowest BCUT2D eigenvalue weighted by atomic mass is 9.93. The quantitative estimate of drug-likeness (QED) is 0.119. The highest BCUT2D eigenvalue weighted by Gasteiger charge is 2.33. The first-order valence-electron chi connectivity index (χ1n) is 13.5. The molecule has 0 aromatic heterocycles. The molecular formula is C33H28F3N5O. The van der Waals surface area contributed by atoms with Gasteiger partial charge in [0.2, 0.25) is 0 Å². The van der Waals surface area contributed by atoms with E-state index in [1.54, 1.807) is 18.2 Å². The normalized spacial score (nSPS) is 14.2. The first-order valence-corrected chi connectivity index (χ1v) is 13.5. The minimum absolute atomic E-state index is 0.186. The smallest absolute Gasteiger partial charge is 0.351 e. The Balaban J connectivity index is 1.45. The van der Waals surface area contributed by atoms with Crippen molar-refractivity contribution in [1.29, 1.82) is 10.7 Å². The molecule has 212 valence electrons. The molecule has 1 unspecified atom stereocenters. The minimum atomic E-state index is -4.94. The summed E-state index contributed by atoms with van der Waals surface area (Å²) < 4.78 is 39.7. The highest BCUT2D eigenvalue weighted by molar-refractivity contribution is 6.11. The molecule has 9 heteroatoms. The van der Waals surface area contributed by atoms with Crippen LogP contribution in [0.2, 0.25) is 0 Å². The second-order valence-electron chi connectivity index (χ2n) is 10.2. The number of hydrogen-bond donors (Lipinski definition) is 4. The number of anilines is 2. The summed E-state index contributed by atoms with van der Waals surface area (Å²) in [7, 11) is 0. The summed E-state index contributed by atoms with van der Waals surface area (Å²) >= 11 is 0. The number of allylic oxidation sites excluding steroid dienone is 1. The Bertz CT molecular complexity index is 1700. The Morgan fingerprint density at radius 1 is 0.952 bits per heavy atom. The lowest BCUT2D eigenvalue weighted by Gasteiger charge is -2.22. The summed E-state index contributed by atoms with van der Waals surface area (Å²) in [6, 6.07) is 29.2. The van der Waals surface area contributed by atoms with Gasteiger partial charge < -0.3 is 16.0 Å². The van der Waals surface area contributed by atoms with Gasteiger partial charge in [0.25, 0.3) is 5.91 Å². The number of nitrogens with one attached hydrogen (secondary N) is 4. The lowest BCUT2D eigenvalue weighted by Crippen LogP contribution is -2.26. The summed E-state index contributed by atoms with van der Waals surface area (Å²) in [5, 5.41) is 27.8. The molecule has 1 aliphatic rings. The predicted molar refractivity (Wildman–Crippen MR) is 158 cm³/mol. The van der Waals surface area contributed by atoms with Crippen LogP contribution in [0.25, 0.3) is 10.8 Å². The molecule has 1 atom stereocenters. The number of carbonyl (C=O) groups is 1. The van der Waals surface area contributed by atoms with Gasteiger partial charge >= 0.3 is 6.18 Å². The van der Waals surface area contributed by atoms with Crippen molar-refractivity contribution in [3.8, 4) is 6.07 Å². The Morgan fingerprint density at radius 2 is 1.64 bits per heavy atom. The number of benzene rings is 4. The number of halogens is 3. The zero-order valence-electron chi connectivity index (χ0n) is 22.5. The van der Waals surface area contributed by atoms with Crippen molar-refractivity contribution in [2.75, 3.05) is 17.2 Å². The van der Waals surface area contributed by atoms with Gasteiger partial charge in [-0.05, 0) is 83.6 Å². The van der Waals surface area contributed by atoms with Gasteiger partial charge in [-0.15, -0.1) is 0 Å². The van der Waals surface area contributed by atoms with Crippen LogP contribution in [0.1, 0.15) is 35.6 Å². The maximum Gasteiger partial charge on any atom is 0.432 e. The van der Waals surface area contributed by atoms with E-state index >= 15 is 0 Å². The standard InChI is InChI=1S/C33H28F3N5O/c34-33(35,36)30(38)18-29(40-25-10-3-6-22(16-25)19-37)32(42)41-26-11-4-9-24(17-26)31(39-20-21-14-15-21)28-13-5-8-23-7-1-2-12-27(23)28/h1-13,16-18,21,31,38-40H,14-15,20H2,(H,41,42)/b29-18-,38-30?. The molecule has 1 aliphatic carbocycles. The molecule has 1 amide bonds. The van der Waals surface area contributed by atoms with Crippen LogP contribution in [-0.4, -0.2) is 24.3 Å². The molecule has 1 fully saturated rings. The molecule has 4 aromatic rings. The average Bonchev–Trinajstić information content (AvgIpc) is 3.81. The first kappa shape index (κ1) is 28.6. The van der Waals surface area contributed by atoms with Gasteiger partial charge in [0.15, 0.2) is 0 Å². The van der Waals surface area contributed by atoms with Gasteiger partial charge in [-0.1, -0.05) is 60.7 Å². The Labute approximate surface area is 241 Å². The molecule has 4 N–H and O–H groups in total. The molecule has 42 heavy (non-hydrogen) atoms. The zero-order chi connectivity index (χ0) is 29.7. The van der Waals surface area contributed by atoms with Crippen molar-refractivity contribution in [2.45, 2.75) is 25.1 Å². The van der Waals surface area contributed by atoms with E-state index in [2.05, 4.69) is 40.2 Å². The van der Waals surface area contributed by atoms with Gasteiger partial charge in [0.05, 0.1) is 17.7 Å². The molecule has 5 rings (SSSR count). The van der Waals surface area contributed by atoms with E-state index < -0.39 is 23.5 Å². The number of nitriles is 1. The fraction of sp³-hybridized carbons (Fsp3) is 0.182. The third-order valence-electron chi connectivity index (χ3n) is 7.03. The first-order chi connectivity index (χ1) is 20.2. The second kappa shape index (κ2) is 12.3. The van der Waals surface area contributed by atoms with E-state index in [-0.39, 0.29) is 17.3 Å². The van der Waals surface area contributed by atoms with E-state index in [1.165, 1.54) is 37.1 Å². The summed E-state index contributed by atoms with van der Waals surface area (Å²) in [6.07, 6.45) is -2.15. The number of rotatable bonds is 10. The zero-order valence-corrected chi connectivity index (χ0v) is 22.5. The van der Waals surface area contributed by atoms with Crippen molar-refractivity contribution in [3.63, 3.8) is 0 Å². The maximum atomic E-state index is 13.3. The summed E-state index contributed by atoms with van der Waals surface area (Å²) in [6.45, 7) is 0.836. The number of nitrogens with zero attached hydrogens (tertiary/aromatic N) is 1. The predicted octanol–water partition coefficient (Wildman–Crippen LogP) is 7.32.